The predicted molar refractivity (Wildman–Crippen MR) is 110 cm³/mol. The van der Waals surface area contributed by atoms with Crippen LogP contribution in [0, 0.1) is 0 Å². The predicted octanol–water partition coefficient (Wildman–Crippen LogP) is 1.05. The first-order valence-corrected chi connectivity index (χ1v) is 8.11. The fourth-order valence-electron chi connectivity index (χ4n) is 2.46. The molecule has 2 amide bonds. The fourth-order valence-corrected chi connectivity index (χ4v) is 2.46. The number of para-hydroxylation sites is 1. The average molecular weight is 459 g/mol. The van der Waals surface area contributed by atoms with Gasteiger partial charge >= 0.3 is 0 Å². The van der Waals surface area contributed by atoms with E-state index in [1.807, 2.05) is 37.3 Å². The monoisotopic (exact) mass is 459 g/mol. The molecule has 1 aliphatic rings. The molecule has 0 aromatic heterocycles. The SMILES string of the molecule is CCNC(=NCC(=O)N(C)C)NC1CC(=O)N(c2ccccc2)C1.I. The first-order valence-electron chi connectivity index (χ1n) is 8.11. The third-order valence-corrected chi connectivity index (χ3v) is 3.75. The molecule has 2 N–H and O–H groups in total. The number of hydrogen-bond donors (Lipinski definition) is 2. The van der Waals surface area contributed by atoms with Crippen LogP contribution in [0.2, 0.25) is 0 Å². The molecule has 1 unspecified atom stereocenters. The second-order valence-corrected chi connectivity index (χ2v) is 5.87. The molecule has 1 atom stereocenters. The summed E-state index contributed by atoms with van der Waals surface area (Å²) in [7, 11) is 3.40. The molecule has 25 heavy (non-hydrogen) atoms. The van der Waals surface area contributed by atoms with Gasteiger partial charge in [0.15, 0.2) is 5.96 Å². The fraction of sp³-hybridized carbons (Fsp3) is 0.471. The molecule has 1 heterocycles. The van der Waals surface area contributed by atoms with E-state index in [9.17, 15) is 9.59 Å². The molecule has 0 radical (unpaired) electrons. The molecule has 8 heteroatoms. The lowest BCUT2D eigenvalue weighted by Gasteiger charge is -2.19. The molecular weight excluding hydrogens is 433 g/mol. The summed E-state index contributed by atoms with van der Waals surface area (Å²) in [5.41, 5.74) is 0.900. The van der Waals surface area contributed by atoms with Crippen LogP contribution in [0.3, 0.4) is 0 Å². The third-order valence-electron chi connectivity index (χ3n) is 3.75. The zero-order valence-corrected chi connectivity index (χ0v) is 17.2. The Hall–Kier alpha value is -1.84. The van der Waals surface area contributed by atoms with Crippen molar-refractivity contribution in [3.63, 3.8) is 0 Å². The summed E-state index contributed by atoms with van der Waals surface area (Å²) in [6, 6.07) is 9.58. The smallest absolute Gasteiger partial charge is 0.243 e. The van der Waals surface area contributed by atoms with Gasteiger partial charge in [-0.3, -0.25) is 9.59 Å². The van der Waals surface area contributed by atoms with Crippen LogP contribution in [-0.2, 0) is 9.59 Å². The van der Waals surface area contributed by atoms with Crippen molar-refractivity contribution in [2.45, 2.75) is 19.4 Å². The summed E-state index contributed by atoms with van der Waals surface area (Å²) in [6.45, 7) is 3.30. The molecule has 138 valence electrons. The number of anilines is 1. The van der Waals surface area contributed by atoms with Crippen molar-refractivity contribution >= 4 is 47.4 Å². The van der Waals surface area contributed by atoms with Crippen LogP contribution in [0.4, 0.5) is 5.69 Å². The van der Waals surface area contributed by atoms with Crippen molar-refractivity contribution in [2.75, 3.05) is 38.6 Å². The van der Waals surface area contributed by atoms with E-state index >= 15 is 0 Å². The maximum absolute atomic E-state index is 12.2. The summed E-state index contributed by atoms with van der Waals surface area (Å²) in [4.78, 5) is 31.5. The number of benzene rings is 1. The number of nitrogens with zero attached hydrogens (tertiary/aromatic N) is 3. The van der Waals surface area contributed by atoms with Gasteiger partial charge in [0.2, 0.25) is 11.8 Å². The van der Waals surface area contributed by atoms with Crippen molar-refractivity contribution in [3.05, 3.63) is 30.3 Å². The molecular formula is C17H26IN5O2. The van der Waals surface area contributed by atoms with Crippen molar-refractivity contribution in [1.29, 1.82) is 0 Å². The van der Waals surface area contributed by atoms with Gasteiger partial charge in [-0.05, 0) is 19.1 Å². The normalized spacial score (nSPS) is 17.1. The van der Waals surface area contributed by atoms with Crippen LogP contribution in [0.5, 0.6) is 0 Å². The highest BCUT2D eigenvalue weighted by molar-refractivity contribution is 14.0. The van der Waals surface area contributed by atoms with Gasteiger partial charge in [-0.1, -0.05) is 18.2 Å². The Morgan fingerprint density at radius 1 is 1.32 bits per heavy atom. The molecule has 1 aromatic rings. The minimum atomic E-state index is -0.0689. The van der Waals surface area contributed by atoms with E-state index in [1.54, 1.807) is 19.0 Å². The Bertz CT molecular complexity index is 606. The van der Waals surface area contributed by atoms with Gasteiger partial charge in [0, 0.05) is 39.3 Å². The molecule has 1 aliphatic heterocycles. The minimum absolute atomic E-state index is 0. The van der Waals surface area contributed by atoms with E-state index in [1.165, 1.54) is 4.90 Å². The Kier molecular flexibility index (Phi) is 8.67. The molecule has 0 saturated carbocycles. The van der Waals surface area contributed by atoms with Crippen LogP contribution in [0.15, 0.2) is 35.3 Å². The molecule has 0 bridgehead atoms. The van der Waals surface area contributed by atoms with Crippen molar-refractivity contribution in [2.24, 2.45) is 4.99 Å². The van der Waals surface area contributed by atoms with Gasteiger partial charge in [-0.15, -0.1) is 24.0 Å². The van der Waals surface area contributed by atoms with E-state index in [0.717, 1.165) is 5.69 Å². The quantitative estimate of drug-likeness (QED) is 0.392. The Morgan fingerprint density at radius 2 is 2.00 bits per heavy atom. The second kappa shape index (κ2) is 10.2. The Labute approximate surface area is 165 Å². The van der Waals surface area contributed by atoms with Gasteiger partial charge in [0.05, 0.1) is 6.04 Å². The first-order chi connectivity index (χ1) is 11.5. The van der Waals surface area contributed by atoms with Crippen molar-refractivity contribution in [3.8, 4) is 0 Å². The number of amides is 2. The number of nitrogens with one attached hydrogen (secondary N) is 2. The Morgan fingerprint density at radius 3 is 2.60 bits per heavy atom. The van der Waals surface area contributed by atoms with Gasteiger partial charge < -0.3 is 20.4 Å². The number of halogens is 1. The van der Waals surface area contributed by atoms with Crippen molar-refractivity contribution in [1.82, 2.24) is 15.5 Å². The van der Waals surface area contributed by atoms with Gasteiger partial charge in [0.1, 0.15) is 6.54 Å². The topological polar surface area (TPSA) is 77.0 Å². The summed E-state index contributed by atoms with van der Waals surface area (Å²) in [6.07, 6.45) is 0.404. The largest absolute Gasteiger partial charge is 0.357 e. The summed E-state index contributed by atoms with van der Waals surface area (Å²) >= 11 is 0. The van der Waals surface area contributed by atoms with Crippen molar-refractivity contribution < 1.29 is 9.59 Å². The van der Waals surface area contributed by atoms with Gasteiger partial charge in [-0.2, -0.15) is 0 Å². The van der Waals surface area contributed by atoms with Crippen LogP contribution in [-0.4, -0.2) is 62.4 Å². The minimum Gasteiger partial charge on any atom is -0.357 e. The zero-order valence-electron chi connectivity index (χ0n) is 14.9. The lowest BCUT2D eigenvalue weighted by Crippen LogP contribution is -2.45. The lowest BCUT2D eigenvalue weighted by atomic mass is 10.2. The average Bonchev–Trinajstić information content (AvgIpc) is 2.93. The maximum Gasteiger partial charge on any atom is 0.243 e. The maximum atomic E-state index is 12.2. The number of carbonyl (C=O) groups excluding carboxylic acids is 2. The summed E-state index contributed by atoms with van der Waals surface area (Å²) in [5.74, 6) is 0.569. The number of likely N-dealkylation sites (N-methyl/N-ethyl adjacent to an activating group) is 1. The number of carbonyl (C=O) groups is 2. The van der Waals surface area contributed by atoms with E-state index in [0.29, 0.717) is 25.5 Å². The zero-order chi connectivity index (χ0) is 17.5. The molecule has 0 aliphatic carbocycles. The molecule has 1 aromatic carbocycles. The van der Waals surface area contributed by atoms with E-state index in [4.69, 9.17) is 0 Å². The van der Waals surface area contributed by atoms with Crippen LogP contribution < -0.4 is 15.5 Å². The van der Waals surface area contributed by atoms with Gasteiger partial charge in [-0.25, -0.2) is 4.99 Å². The molecule has 1 fully saturated rings. The van der Waals surface area contributed by atoms with E-state index in [-0.39, 0.29) is 48.4 Å². The summed E-state index contributed by atoms with van der Waals surface area (Å²) in [5, 5.41) is 6.36. The molecule has 7 nitrogen and oxygen atoms in total. The highest BCUT2D eigenvalue weighted by Crippen LogP contribution is 2.20. The highest BCUT2D eigenvalue weighted by atomic mass is 127. The summed E-state index contributed by atoms with van der Waals surface area (Å²) < 4.78 is 0. The van der Waals surface area contributed by atoms with E-state index < -0.39 is 0 Å². The molecule has 0 spiro atoms. The standard InChI is InChI=1S/C17H25N5O2.HI/c1-4-18-17(19-11-16(24)21(2)3)20-13-10-15(23)22(12-13)14-8-6-5-7-9-14;/h5-9,13H,4,10-12H2,1-3H3,(H2,18,19,20);1H. The first kappa shape index (κ1) is 21.2. The van der Waals surface area contributed by atoms with E-state index in [2.05, 4.69) is 15.6 Å². The lowest BCUT2D eigenvalue weighted by molar-refractivity contribution is -0.127. The number of aliphatic imine (C=N–C) groups is 1. The number of guanidine groups is 1. The number of hydrogen-bond acceptors (Lipinski definition) is 3. The molecule has 2 rings (SSSR count). The Balaban J connectivity index is 0.00000312. The molecule has 1 saturated heterocycles. The van der Waals surface area contributed by atoms with Crippen LogP contribution >= 0.6 is 24.0 Å². The van der Waals surface area contributed by atoms with Crippen LogP contribution in [0.25, 0.3) is 0 Å². The van der Waals surface area contributed by atoms with Crippen LogP contribution in [0.1, 0.15) is 13.3 Å². The van der Waals surface area contributed by atoms with Gasteiger partial charge in [0.25, 0.3) is 0 Å². The third kappa shape index (κ3) is 6.18. The number of rotatable bonds is 5. The second-order valence-electron chi connectivity index (χ2n) is 5.87. The highest BCUT2D eigenvalue weighted by Gasteiger charge is 2.31.